The van der Waals surface area contributed by atoms with Crippen LogP contribution in [0.25, 0.3) is 0 Å². The van der Waals surface area contributed by atoms with E-state index in [9.17, 15) is 14.4 Å². The summed E-state index contributed by atoms with van der Waals surface area (Å²) in [5.74, 6) is -1.28. The van der Waals surface area contributed by atoms with E-state index in [1.807, 2.05) is 0 Å². The van der Waals surface area contributed by atoms with Crippen LogP contribution in [0.2, 0.25) is 0 Å². The average Bonchev–Trinajstić information content (AvgIpc) is 2.79. The predicted molar refractivity (Wildman–Crippen MR) is 92.9 cm³/mol. The zero-order valence-electron chi connectivity index (χ0n) is 12.8. The molecule has 1 aromatic rings. The molecule has 10 heteroatoms. The van der Waals surface area contributed by atoms with Crippen molar-refractivity contribution >= 4 is 52.0 Å². The fourth-order valence-electron chi connectivity index (χ4n) is 1.92. The summed E-state index contributed by atoms with van der Waals surface area (Å²) in [5, 5.41) is 14.4. The summed E-state index contributed by atoms with van der Waals surface area (Å²) >= 11 is 1.06. The third-order valence-corrected chi connectivity index (χ3v) is 3.94. The Bertz CT molecular complexity index is 716. The SMILES string of the molecule is CC(=O)Nc1ccc(NC(=O)CC2SC(=NC(=N)N)NC2=O)cc1. The third kappa shape index (κ3) is 5.09. The number of guanidine groups is 1. The number of aliphatic imine (C=N–C) groups is 1. The van der Waals surface area contributed by atoms with Gasteiger partial charge in [0.25, 0.3) is 0 Å². The van der Waals surface area contributed by atoms with E-state index in [0.29, 0.717) is 11.4 Å². The minimum absolute atomic E-state index is 0.0408. The van der Waals surface area contributed by atoms with Crippen LogP contribution in [-0.2, 0) is 14.4 Å². The van der Waals surface area contributed by atoms with Gasteiger partial charge in [-0.15, -0.1) is 0 Å². The van der Waals surface area contributed by atoms with Crippen LogP contribution in [0.15, 0.2) is 29.3 Å². The van der Waals surface area contributed by atoms with Gasteiger partial charge < -0.3 is 21.7 Å². The Labute approximate surface area is 142 Å². The first-order valence-electron chi connectivity index (χ1n) is 6.91. The monoisotopic (exact) mass is 348 g/mol. The van der Waals surface area contributed by atoms with E-state index in [2.05, 4.69) is 20.9 Å². The molecule has 6 N–H and O–H groups in total. The third-order valence-electron chi connectivity index (χ3n) is 2.86. The molecule has 0 radical (unpaired) electrons. The zero-order valence-corrected chi connectivity index (χ0v) is 13.6. The molecular formula is C14H16N6O3S. The molecule has 0 saturated carbocycles. The van der Waals surface area contributed by atoms with Crippen LogP contribution in [0.3, 0.4) is 0 Å². The number of amides is 3. The van der Waals surface area contributed by atoms with E-state index in [1.54, 1.807) is 24.3 Å². The lowest BCUT2D eigenvalue weighted by Crippen LogP contribution is -2.28. The Hall–Kier alpha value is -2.88. The van der Waals surface area contributed by atoms with E-state index < -0.39 is 11.2 Å². The molecule has 0 aromatic heterocycles. The first-order valence-corrected chi connectivity index (χ1v) is 7.79. The number of anilines is 2. The maximum atomic E-state index is 12.0. The first kappa shape index (κ1) is 17.5. The number of nitrogens with one attached hydrogen (secondary N) is 4. The molecule has 1 saturated heterocycles. The summed E-state index contributed by atoms with van der Waals surface area (Å²) in [7, 11) is 0. The van der Waals surface area contributed by atoms with Crippen LogP contribution in [0, 0.1) is 5.41 Å². The summed E-state index contributed by atoms with van der Waals surface area (Å²) in [6.45, 7) is 1.41. The molecule has 126 valence electrons. The standard InChI is InChI=1S/C14H16N6O3S/c1-7(21)17-8-2-4-9(5-3-8)18-11(22)6-10-12(23)19-14(24-10)20-13(15)16/h2-5,10H,6H2,1H3,(H,17,21)(H,18,22)(H4,15,16,19,20,23). The number of benzene rings is 1. The van der Waals surface area contributed by atoms with Crippen LogP contribution >= 0.6 is 11.8 Å². The molecule has 9 nitrogen and oxygen atoms in total. The molecule has 3 amide bonds. The second kappa shape index (κ2) is 7.59. The number of amidine groups is 1. The highest BCUT2D eigenvalue weighted by Gasteiger charge is 2.32. The molecule has 1 fully saturated rings. The van der Waals surface area contributed by atoms with Crippen molar-refractivity contribution in [3.63, 3.8) is 0 Å². The van der Waals surface area contributed by atoms with Gasteiger partial charge in [0.15, 0.2) is 5.17 Å². The number of nitrogens with two attached hydrogens (primary N) is 1. The van der Waals surface area contributed by atoms with Gasteiger partial charge in [-0.3, -0.25) is 19.8 Å². The lowest BCUT2D eigenvalue weighted by atomic mass is 10.2. The fourth-order valence-corrected chi connectivity index (χ4v) is 2.90. The van der Waals surface area contributed by atoms with Crippen molar-refractivity contribution in [1.29, 1.82) is 5.41 Å². The maximum Gasteiger partial charge on any atom is 0.240 e. The second-order valence-electron chi connectivity index (χ2n) is 4.91. The maximum absolute atomic E-state index is 12.0. The molecule has 1 aromatic carbocycles. The quantitative estimate of drug-likeness (QED) is 0.395. The zero-order chi connectivity index (χ0) is 17.7. The second-order valence-corrected chi connectivity index (χ2v) is 6.10. The summed E-state index contributed by atoms with van der Waals surface area (Å²) < 4.78 is 0. The summed E-state index contributed by atoms with van der Waals surface area (Å²) in [6.07, 6.45) is -0.0408. The van der Waals surface area contributed by atoms with Crippen LogP contribution in [-0.4, -0.2) is 34.1 Å². The number of carbonyl (C=O) groups excluding carboxylic acids is 3. The molecule has 1 unspecified atom stereocenters. The van der Waals surface area contributed by atoms with Crippen molar-refractivity contribution in [1.82, 2.24) is 5.32 Å². The Morgan fingerprint density at radius 3 is 2.42 bits per heavy atom. The summed E-state index contributed by atoms with van der Waals surface area (Å²) in [6, 6.07) is 6.61. The molecule has 0 bridgehead atoms. The lowest BCUT2D eigenvalue weighted by molar-refractivity contribution is -0.122. The van der Waals surface area contributed by atoms with Gasteiger partial charge in [-0.1, -0.05) is 11.8 Å². The molecular weight excluding hydrogens is 332 g/mol. The number of hydrogen-bond donors (Lipinski definition) is 5. The molecule has 1 aliphatic rings. The minimum Gasteiger partial charge on any atom is -0.368 e. The van der Waals surface area contributed by atoms with Crippen LogP contribution < -0.4 is 21.7 Å². The Morgan fingerprint density at radius 1 is 1.29 bits per heavy atom. The first-order chi connectivity index (χ1) is 11.3. The van der Waals surface area contributed by atoms with E-state index in [4.69, 9.17) is 11.1 Å². The van der Waals surface area contributed by atoms with Gasteiger partial charge in [-0.25, -0.2) is 0 Å². The van der Waals surface area contributed by atoms with Crippen molar-refractivity contribution in [2.75, 3.05) is 10.6 Å². The van der Waals surface area contributed by atoms with Gasteiger partial charge in [0.2, 0.25) is 23.7 Å². The number of rotatable bonds is 4. The lowest BCUT2D eigenvalue weighted by Gasteiger charge is -2.08. The Morgan fingerprint density at radius 2 is 1.88 bits per heavy atom. The molecule has 24 heavy (non-hydrogen) atoms. The van der Waals surface area contributed by atoms with E-state index in [-0.39, 0.29) is 29.3 Å². The van der Waals surface area contributed by atoms with E-state index >= 15 is 0 Å². The molecule has 0 spiro atoms. The van der Waals surface area contributed by atoms with Crippen molar-refractivity contribution in [2.45, 2.75) is 18.6 Å². The molecule has 1 atom stereocenters. The smallest absolute Gasteiger partial charge is 0.240 e. The molecule has 0 aliphatic carbocycles. The summed E-state index contributed by atoms with van der Waals surface area (Å²) in [5.41, 5.74) is 6.31. The number of nitrogens with zero attached hydrogens (tertiary/aromatic N) is 1. The van der Waals surface area contributed by atoms with Crippen LogP contribution in [0.1, 0.15) is 13.3 Å². The highest BCUT2D eigenvalue weighted by molar-refractivity contribution is 8.15. The Kier molecular flexibility index (Phi) is 5.53. The average molecular weight is 348 g/mol. The van der Waals surface area contributed by atoms with E-state index in [1.165, 1.54) is 6.92 Å². The van der Waals surface area contributed by atoms with Gasteiger partial charge in [-0.2, -0.15) is 4.99 Å². The van der Waals surface area contributed by atoms with Crippen molar-refractivity contribution in [2.24, 2.45) is 10.7 Å². The Balaban J connectivity index is 1.90. The molecule has 1 aliphatic heterocycles. The van der Waals surface area contributed by atoms with Gasteiger partial charge in [-0.05, 0) is 24.3 Å². The van der Waals surface area contributed by atoms with Crippen LogP contribution in [0.5, 0.6) is 0 Å². The van der Waals surface area contributed by atoms with Gasteiger partial charge >= 0.3 is 0 Å². The van der Waals surface area contributed by atoms with E-state index in [0.717, 1.165) is 11.8 Å². The minimum atomic E-state index is -0.623. The van der Waals surface area contributed by atoms with Gasteiger partial charge in [0, 0.05) is 24.7 Å². The van der Waals surface area contributed by atoms with Gasteiger partial charge in [0.1, 0.15) is 5.25 Å². The number of hydrogen-bond acceptors (Lipinski definition) is 5. The molecule has 1 heterocycles. The highest BCUT2D eigenvalue weighted by atomic mass is 32.2. The van der Waals surface area contributed by atoms with Gasteiger partial charge in [0.05, 0.1) is 0 Å². The summed E-state index contributed by atoms with van der Waals surface area (Å²) in [4.78, 5) is 38.4. The fraction of sp³-hybridized carbons (Fsp3) is 0.214. The van der Waals surface area contributed by atoms with Crippen LogP contribution in [0.4, 0.5) is 11.4 Å². The number of carbonyl (C=O) groups is 3. The van der Waals surface area contributed by atoms with Crippen molar-refractivity contribution < 1.29 is 14.4 Å². The highest BCUT2D eigenvalue weighted by Crippen LogP contribution is 2.23. The molecule has 2 rings (SSSR count). The van der Waals surface area contributed by atoms with Crippen molar-refractivity contribution in [3.8, 4) is 0 Å². The van der Waals surface area contributed by atoms with Crippen molar-refractivity contribution in [3.05, 3.63) is 24.3 Å². The topological polar surface area (TPSA) is 150 Å². The normalized spacial score (nSPS) is 18.1. The predicted octanol–water partition coefficient (Wildman–Crippen LogP) is 0.455. The number of thioether (sulfide) groups is 1. The largest absolute Gasteiger partial charge is 0.368 e.